The zero-order chi connectivity index (χ0) is 26.8. The summed E-state index contributed by atoms with van der Waals surface area (Å²) in [5.41, 5.74) is 3.54. The molecule has 0 aromatic heterocycles. The standard InChI is InChI=1S/C38H22O2/c39-21-23-9-11-25-13-15-31-29-7-3-1-5-27(29)19-35(37(31)33(25)17-23)36-20-28-6-2-4-8-30(28)32-16-14-26-12-10-24(22-40)18-34(26)38(32)36/h1-22H. The molecule has 0 saturated heterocycles. The van der Waals surface area contributed by atoms with Gasteiger partial charge in [-0.2, -0.15) is 0 Å². The first kappa shape index (κ1) is 22.6. The SMILES string of the molecule is O=Cc1ccc2ccc3c4ccccc4cc(-c4cc5ccccc5c5ccc6ccc(C=O)cc6c45)c3c2c1. The van der Waals surface area contributed by atoms with Gasteiger partial charge < -0.3 is 0 Å². The molecule has 0 aliphatic carbocycles. The first-order chi connectivity index (χ1) is 19.7. The van der Waals surface area contributed by atoms with Crippen LogP contribution in [0, 0.1) is 0 Å². The van der Waals surface area contributed by atoms with Crippen LogP contribution in [0.1, 0.15) is 20.7 Å². The minimum Gasteiger partial charge on any atom is -0.298 e. The van der Waals surface area contributed by atoms with Crippen LogP contribution in [0.3, 0.4) is 0 Å². The molecule has 0 heterocycles. The van der Waals surface area contributed by atoms with Gasteiger partial charge in [0.15, 0.2) is 0 Å². The number of fused-ring (bicyclic) bond motifs is 10. The van der Waals surface area contributed by atoms with Crippen LogP contribution >= 0.6 is 0 Å². The topological polar surface area (TPSA) is 34.1 Å². The summed E-state index contributed by atoms with van der Waals surface area (Å²) < 4.78 is 0. The molecule has 40 heavy (non-hydrogen) atoms. The van der Waals surface area contributed by atoms with Crippen molar-refractivity contribution in [2.24, 2.45) is 0 Å². The highest BCUT2D eigenvalue weighted by Gasteiger charge is 2.17. The zero-order valence-electron chi connectivity index (χ0n) is 21.5. The maximum absolute atomic E-state index is 11.9. The maximum atomic E-state index is 11.9. The number of aldehydes is 2. The van der Waals surface area contributed by atoms with Crippen molar-refractivity contribution in [2.45, 2.75) is 0 Å². The molecule has 186 valence electrons. The molecule has 0 N–H and O–H groups in total. The van der Waals surface area contributed by atoms with Crippen LogP contribution in [0.4, 0.5) is 0 Å². The molecule has 0 aliphatic rings. The van der Waals surface area contributed by atoms with Crippen LogP contribution in [-0.4, -0.2) is 12.6 Å². The van der Waals surface area contributed by atoms with Gasteiger partial charge in [-0.3, -0.25) is 9.59 Å². The van der Waals surface area contributed by atoms with Crippen molar-refractivity contribution in [3.05, 3.63) is 132 Å². The van der Waals surface area contributed by atoms with Gasteiger partial charge in [-0.15, -0.1) is 0 Å². The van der Waals surface area contributed by atoms with E-state index in [9.17, 15) is 9.59 Å². The lowest BCUT2D eigenvalue weighted by atomic mass is 9.85. The molecule has 2 nitrogen and oxygen atoms in total. The van der Waals surface area contributed by atoms with Crippen LogP contribution in [0.15, 0.2) is 121 Å². The minimum atomic E-state index is 0.656. The molecule has 0 amide bonds. The first-order valence-corrected chi connectivity index (χ1v) is 13.4. The second-order valence-corrected chi connectivity index (χ2v) is 10.5. The number of carbonyl (C=O) groups is 2. The molecule has 0 atom stereocenters. The Morgan fingerprint density at radius 1 is 0.350 bits per heavy atom. The fraction of sp³-hybridized carbons (Fsp3) is 0. The van der Waals surface area contributed by atoms with Crippen molar-refractivity contribution in [2.75, 3.05) is 0 Å². The van der Waals surface area contributed by atoms with Gasteiger partial charge in [0, 0.05) is 11.1 Å². The van der Waals surface area contributed by atoms with Gasteiger partial charge in [0.25, 0.3) is 0 Å². The van der Waals surface area contributed by atoms with Crippen LogP contribution < -0.4 is 0 Å². The average Bonchev–Trinajstić information content (AvgIpc) is 3.02. The van der Waals surface area contributed by atoms with Crippen molar-refractivity contribution in [3.8, 4) is 11.1 Å². The summed E-state index contributed by atoms with van der Waals surface area (Å²) in [4.78, 5) is 23.7. The summed E-state index contributed by atoms with van der Waals surface area (Å²) in [5.74, 6) is 0. The summed E-state index contributed by atoms with van der Waals surface area (Å²) in [7, 11) is 0. The van der Waals surface area contributed by atoms with E-state index >= 15 is 0 Å². The Bertz CT molecular complexity index is 2190. The van der Waals surface area contributed by atoms with E-state index in [0.29, 0.717) is 11.1 Å². The molecular weight excluding hydrogens is 488 g/mol. The summed E-state index contributed by atoms with van der Waals surface area (Å²) in [6.45, 7) is 0. The Hall–Kier alpha value is -5.34. The molecule has 0 unspecified atom stereocenters. The van der Waals surface area contributed by atoms with Crippen LogP contribution in [0.5, 0.6) is 0 Å². The lowest BCUT2D eigenvalue weighted by Crippen LogP contribution is -1.92. The summed E-state index contributed by atoms with van der Waals surface area (Å²) >= 11 is 0. The Morgan fingerprint density at radius 3 is 1.23 bits per heavy atom. The zero-order valence-corrected chi connectivity index (χ0v) is 21.5. The van der Waals surface area contributed by atoms with Crippen molar-refractivity contribution in [3.63, 3.8) is 0 Å². The van der Waals surface area contributed by atoms with E-state index in [1.807, 2.05) is 36.4 Å². The third-order valence-electron chi connectivity index (χ3n) is 8.29. The second-order valence-electron chi connectivity index (χ2n) is 10.5. The quantitative estimate of drug-likeness (QED) is 0.175. The highest BCUT2D eigenvalue weighted by Crippen LogP contribution is 2.45. The Kier molecular flexibility index (Phi) is 4.86. The smallest absolute Gasteiger partial charge is 0.150 e. The lowest BCUT2D eigenvalue weighted by molar-refractivity contribution is 0.111. The molecule has 0 bridgehead atoms. The van der Waals surface area contributed by atoms with Crippen LogP contribution in [-0.2, 0) is 0 Å². The average molecular weight is 511 g/mol. The highest BCUT2D eigenvalue weighted by molar-refractivity contribution is 6.29. The van der Waals surface area contributed by atoms with Gasteiger partial charge in [-0.25, -0.2) is 0 Å². The Labute approximate surface area is 230 Å². The third-order valence-corrected chi connectivity index (χ3v) is 8.29. The van der Waals surface area contributed by atoms with Crippen molar-refractivity contribution in [1.82, 2.24) is 0 Å². The molecule has 0 spiro atoms. The van der Waals surface area contributed by atoms with Gasteiger partial charge in [0.2, 0.25) is 0 Å². The molecule has 0 saturated carbocycles. The summed E-state index contributed by atoms with van der Waals surface area (Å²) in [5, 5.41) is 13.5. The molecular formula is C38H22O2. The number of hydrogen-bond donors (Lipinski definition) is 0. The molecule has 0 fully saturated rings. The van der Waals surface area contributed by atoms with E-state index in [4.69, 9.17) is 0 Å². The van der Waals surface area contributed by atoms with Crippen LogP contribution in [0.25, 0.3) is 75.8 Å². The van der Waals surface area contributed by atoms with Gasteiger partial charge in [0.1, 0.15) is 12.6 Å². The van der Waals surface area contributed by atoms with Crippen LogP contribution in [0.2, 0.25) is 0 Å². The second kappa shape index (κ2) is 8.59. The van der Waals surface area contributed by atoms with Crippen molar-refractivity contribution >= 4 is 77.2 Å². The summed E-state index contributed by atoms with van der Waals surface area (Å²) in [6.07, 6.45) is 1.83. The molecule has 0 radical (unpaired) electrons. The summed E-state index contributed by atoms with van der Waals surface area (Å²) in [6, 6.07) is 42.1. The normalized spacial score (nSPS) is 11.7. The van der Waals surface area contributed by atoms with Gasteiger partial charge in [0.05, 0.1) is 0 Å². The Morgan fingerprint density at radius 2 is 0.775 bits per heavy atom. The molecule has 8 rings (SSSR count). The molecule has 8 aromatic carbocycles. The Balaban J connectivity index is 1.67. The number of carbonyl (C=O) groups excluding carboxylic acids is 2. The third kappa shape index (κ3) is 3.23. The fourth-order valence-corrected chi connectivity index (χ4v) is 6.47. The van der Waals surface area contributed by atoms with Gasteiger partial charge in [-0.1, -0.05) is 97.1 Å². The molecule has 8 aromatic rings. The van der Waals surface area contributed by atoms with E-state index < -0.39 is 0 Å². The fourth-order valence-electron chi connectivity index (χ4n) is 6.47. The van der Waals surface area contributed by atoms with E-state index in [1.54, 1.807) is 0 Å². The minimum absolute atomic E-state index is 0.656. The maximum Gasteiger partial charge on any atom is 0.150 e. The number of benzene rings is 8. The monoisotopic (exact) mass is 510 g/mol. The van der Waals surface area contributed by atoms with E-state index in [-0.39, 0.29) is 0 Å². The molecule has 2 heteroatoms. The van der Waals surface area contributed by atoms with Crippen molar-refractivity contribution in [1.29, 1.82) is 0 Å². The number of rotatable bonds is 3. The largest absolute Gasteiger partial charge is 0.298 e. The van der Waals surface area contributed by atoms with E-state index in [2.05, 4.69) is 84.9 Å². The number of hydrogen-bond acceptors (Lipinski definition) is 2. The lowest BCUT2D eigenvalue weighted by Gasteiger charge is -2.18. The van der Waals surface area contributed by atoms with E-state index in [1.165, 1.54) is 10.8 Å². The van der Waals surface area contributed by atoms with Gasteiger partial charge >= 0.3 is 0 Å². The highest BCUT2D eigenvalue weighted by atomic mass is 16.1. The predicted octanol–water partition coefficient (Wildman–Crippen LogP) is 9.90. The van der Waals surface area contributed by atoms with E-state index in [0.717, 1.165) is 77.6 Å². The first-order valence-electron chi connectivity index (χ1n) is 13.4. The predicted molar refractivity (Wildman–Crippen MR) is 168 cm³/mol. The van der Waals surface area contributed by atoms with Gasteiger partial charge in [-0.05, 0) is 100 Å². The van der Waals surface area contributed by atoms with Crippen molar-refractivity contribution < 1.29 is 9.59 Å². The molecule has 0 aliphatic heterocycles.